The number of nitrogens with one attached hydrogen (secondary N) is 1. The minimum atomic E-state index is -0.714. The molecule has 1 unspecified atom stereocenters. The van der Waals surface area contributed by atoms with Crippen molar-refractivity contribution in [3.63, 3.8) is 0 Å². The van der Waals surface area contributed by atoms with Gasteiger partial charge in [0.25, 0.3) is 0 Å². The van der Waals surface area contributed by atoms with Crippen LogP contribution in [0.3, 0.4) is 0 Å². The number of carbonyl (C=O) groups is 2. The Hall–Kier alpha value is -3.48. The molecule has 0 saturated carbocycles. The van der Waals surface area contributed by atoms with Gasteiger partial charge in [0, 0.05) is 38.1 Å². The Morgan fingerprint density at radius 3 is 2.42 bits per heavy atom. The van der Waals surface area contributed by atoms with Crippen molar-refractivity contribution in [2.24, 2.45) is 5.41 Å². The lowest BCUT2D eigenvalue weighted by Crippen LogP contribution is -2.51. The van der Waals surface area contributed by atoms with Crippen molar-refractivity contribution < 1.29 is 18.5 Å². The van der Waals surface area contributed by atoms with E-state index in [1.165, 1.54) is 12.1 Å². The van der Waals surface area contributed by atoms with Gasteiger partial charge in [-0.2, -0.15) is 0 Å². The van der Waals surface area contributed by atoms with Crippen molar-refractivity contribution >= 4 is 11.8 Å². The Morgan fingerprint density at radius 2 is 1.79 bits per heavy atom. The van der Waals surface area contributed by atoms with Crippen molar-refractivity contribution in [1.29, 1.82) is 0 Å². The molecule has 1 aliphatic rings. The fourth-order valence-corrected chi connectivity index (χ4v) is 4.40. The second-order valence-electron chi connectivity index (χ2n) is 8.75. The molecule has 6 nitrogen and oxygen atoms in total. The van der Waals surface area contributed by atoms with E-state index in [1.807, 2.05) is 37.3 Å². The number of nitrogens with zero attached hydrogens (tertiary/aromatic N) is 2. The van der Waals surface area contributed by atoms with E-state index < -0.39 is 5.41 Å². The second-order valence-corrected chi connectivity index (χ2v) is 8.75. The molecular weight excluding hydrogens is 421 g/mol. The quantitative estimate of drug-likeness (QED) is 0.600. The van der Waals surface area contributed by atoms with E-state index in [4.69, 9.17) is 4.52 Å². The van der Waals surface area contributed by atoms with Gasteiger partial charge in [0.15, 0.2) is 0 Å². The molecule has 33 heavy (non-hydrogen) atoms. The van der Waals surface area contributed by atoms with Gasteiger partial charge >= 0.3 is 0 Å². The van der Waals surface area contributed by atoms with E-state index in [2.05, 4.69) is 10.5 Å². The monoisotopic (exact) mass is 449 g/mol. The zero-order chi connectivity index (χ0) is 23.4. The highest BCUT2D eigenvalue weighted by Gasteiger charge is 2.43. The molecule has 1 atom stereocenters. The maximum absolute atomic E-state index is 13.6. The molecule has 0 radical (unpaired) electrons. The molecule has 2 amide bonds. The molecule has 7 heteroatoms. The summed E-state index contributed by atoms with van der Waals surface area (Å²) in [4.78, 5) is 27.2. The number of hydrogen-bond donors (Lipinski definition) is 1. The molecule has 0 aliphatic carbocycles. The third-order valence-electron chi connectivity index (χ3n) is 6.51. The summed E-state index contributed by atoms with van der Waals surface area (Å²) in [6.07, 6.45) is 1.44. The van der Waals surface area contributed by atoms with Gasteiger partial charge in [-0.1, -0.05) is 35.5 Å². The first-order chi connectivity index (χ1) is 15.9. The van der Waals surface area contributed by atoms with E-state index in [1.54, 1.807) is 30.0 Å². The molecule has 3 aromatic rings. The Bertz CT molecular complexity index is 1100. The molecule has 2 aromatic carbocycles. The van der Waals surface area contributed by atoms with E-state index in [0.29, 0.717) is 43.8 Å². The SMILES string of the molecule is CC(=O)N1CCC(Cc2cc(-c3ccc(F)cc3)no2)(C(=O)NC(C)c2ccccc2)CC1. The Labute approximate surface area is 192 Å². The zero-order valence-corrected chi connectivity index (χ0v) is 18.9. The Morgan fingerprint density at radius 1 is 1.12 bits per heavy atom. The number of likely N-dealkylation sites (tertiary alicyclic amines) is 1. The standard InChI is InChI=1S/C26H28FN3O3/c1-18(20-6-4-3-5-7-20)28-25(32)26(12-14-30(15-13-26)19(2)31)17-23-16-24(29-33-23)21-8-10-22(27)11-9-21/h3-11,16,18H,12-15,17H2,1-2H3,(H,28,32). The molecule has 1 saturated heterocycles. The van der Waals surface area contributed by atoms with Crippen LogP contribution in [-0.4, -0.2) is 35.0 Å². The smallest absolute Gasteiger partial charge is 0.227 e. The van der Waals surface area contributed by atoms with Gasteiger partial charge in [-0.15, -0.1) is 0 Å². The fraction of sp³-hybridized carbons (Fsp3) is 0.346. The van der Waals surface area contributed by atoms with Gasteiger partial charge < -0.3 is 14.7 Å². The van der Waals surface area contributed by atoms with Crippen LogP contribution in [0.2, 0.25) is 0 Å². The van der Waals surface area contributed by atoms with Crippen LogP contribution in [0.1, 0.15) is 44.1 Å². The molecule has 2 heterocycles. The summed E-state index contributed by atoms with van der Waals surface area (Å²) in [7, 11) is 0. The fourth-order valence-electron chi connectivity index (χ4n) is 4.40. The number of hydrogen-bond acceptors (Lipinski definition) is 4. The maximum Gasteiger partial charge on any atom is 0.227 e. The molecule has 0 spiro atoms. The predicted octanol–water partition coefficient (Wildman–Crippen LogP) is 4.53. The van der Waals surface area contributed by atoms with Crippen molar-refractivity contribution in [2.45, 2.75) is 39.2 Å². The zero-order valence-electron chi connectivity index (χ0n) is 18.9. The lowest BCUT2D eigenvalue weighted by molar-refractivity contribution is -0.140. The number of piperidine rings is 1. The van der Waals surface area contributed by atoms with Gasteiger partial charge in [-0.3, -0.25) is 9.59 Å². The lowest BCUT2D eigenvalue weighted by atomic mass is 9.73. The third-order valence-corrected chi connectivity index (χ3v) is 6.51. The molecule has 1 aliphatic heterocycles. The average Bonchev–Trinajstić information content (AvgIpc) is 3.28. The van der Waals surface area contributed by atoms with Gasteiger partial charge in [0.1, 0.15) is 17.3 Å². The van der Waals surface area contributed by atoms with Crippen LogP contribution in [0.4, 0.5) is 4.39 Å². The summed E-state index contributed by atoms with van der Waals surface area (Å²) in [6.45, 7) is 4.55. The summed E-state index contributed by atoms with van der Waals surface area (Å²) in [5, 5.41) is 7.30. The van der Waals surface area contributed by atoms with E-state index >= 15 is 0 Å². The van der Waals surface area contributed by atoms with Gasteiger partial charge in [-0.25, -0.2) is 4.39 Å². The normalized spacial score (nSPS) is 16.3. The van der Waals surface area contributed by atoms with Crippen LogP contribution < -0.4 is 5.32 Å². The molecule has 1 N–H and O–H groups in total. The minimum absolute atomic E-state index is 0.0138. The van der Waals surface area contributed by atoms with Crippen LogP contribution in [-0.2, 0) is 16.0 Å². The average molecular weight is 450 g/mol. The lowest BCUT2D eigenvalue weighted by Gasteiger charge is -2.40. The first-order valence-corrected chi connectivity index (χ1v) is 11.2. The number of carbonyl (C=O) groups excluding carboxylic acids is 2. The van der Waals surface area contributed by atoms with Crippen LogP contribution in [0.5, 0.6) is 0 Å². The highest BCUT2D eigenvalue weighted by molar-refractivity contribution is 5.84. The van der Waals surface area contributed by atoms with E-state index in [9.17, 15) is 14.0 Å². The number of halogens is 1. The highest BCUT2D eigenvalue weighted by Crippen LogP contribution is 2.37. The number of benzene rings is 2. The van der Waals surface area contributed by atoms with Gasteiger partial charge in [0.05, 0.1) is 11.5 Å². The second kappa shape index (κ2) is 9.57. The summed E-state index contributed by atoms with van der Waals surface area (Å²) in [6, 6.07) is 17.5. The first-order valence-electron chi connectivity index (χ1n) is 11.2. The predicted molar refractivity (Wildman–Crippen MR) is 123 cm³/mol. The van der Waals surface area contributed by atoms with Crippen LogP contribution in [0.25, 0.3) is 11.3 Å². The van der Waals surface area contributed by atoms with Crippen LogP contribution in [0.15, 0.2) is 65.2 Å². The molecule has 4 rings (SSSR count). The van der Waals surface area contributed by atoms with Crippen LogP contribution >= 0.6 is 0 Å². The van der Waals surface area contributed by atoms with Crippen molar-refractivity contribution in [1.82, 2.24) is 15.4 Å². The third kappa shape index (κ3) is 5.13. The largest absolute Gasteiger partial charge is 0.361 e. The van der Waals surface area contributed by atoms with Crippen molar-refractivity contribution in [2.75, 3.05) is 13.1 Å². The van der Waals surface area contributed by atoms with E-state index in [0.717, 1.165) is 11.1 Å². The minimum Gasteiger partial charge on any atom is -0.361 e. The summed E-state index contributed by atoms with van der Waals surface area (Å²) < 4.78 is 18.8. The molecule has 1 aromatic heterocycles. The summed E-state index contributed by atoms with van der Waals surface area (Å²) in [5.74, 6) is 0.234. The highest BCUT2D eigenvalue weighted by atomic mass is 19.1. The Kier molecular flexibility index (Phi) is 6.58. The van der Waals surface area contributed by atoms with Crippen molar-refractivity contribution in [3.05, 3.63) is 77.8 Å². The maximum atomic E-state index is 13.6. The topological polar surface area (TPSA) is 75.4 Å². The first kappa shape index (κ1) is 22.7. The van der Waals surface area contributed by atoms with Gasteiger partial charge in [0.2, 0.25) is 11.8 Å². The van der Waals surface area contributed by atoms with E-state index in [-0.39, 0.29) is 23.7 Å². The van der Waals surface area contributed by atoms with Gasteiger partial charge in [-0.05, 0) is 49.6 Å². The number of rotatable bonds is 6. The number of aromatic nitrogens is 1. The number of amides is 2. The molecule has 172 valence electrons. The molecular formula is C26H28FN3O3. The summed E-state index contributed by atoms with van der Waals surface area (Å²) in [5.41, 5.74) is 1.66. The van der Waals surface area contributed by atoms with Crippen LogP contribution in [0, 0.1) is 11.2 Å². The molecule has 0 bridgehead atoms. The Balaban J connectivity index is 1.55. The summed E-state index contributed by atoms with van der Waals surface area (Å²) >= 11 is 0. The molecule has 1 fully saturated rings. The van der Waals surface area contributed by atoms with Crippen molar-refractivity contribution in [3.8, 4) is 11.3 Å².